The lowest BCUT2D eigenvalue weighted by Gasteiger charge is -2.29. The second-order valence-corrected chi connectivity index (χ2v) is 19.3. The van der Waals surface area contributed by atoms with Gasteiger partial charge >= 0.3 is 12.1 Å². The summed E-state index contributed by atoms with van der Waals surface area (Å²) in [5.74, 6) is -4.87. The molecule has 0 saturated carbocycles. The highest BCUT2D eigenvalue weighted by Crippen LogP contribution is 2.44. The van der Waals surface area contributed by atoms with Crippen LogP contribution in [0.1, 0.15) is 52.5 Å². The number of hydrogen-bond acceptors (Lipinski definition) is 20. The van der Waals surface area contributed by atoms with Gasteiger partial charge in [0, 0.05) is 68.0 Å². The van der Waals surface area contributed by atoms with Crippen LogP contribution in [-0.4, -0.2) is 189 Å². The summed E-state index contributed by atoms with van der Waals surface area (Å²) in [6.07, 6.45) is -4.18. The number of carboxylic acid groups (broad SMARTS) is 1. The van der Waals surface area contributed by atoms with Crippen LogP contribution in [0.3, 0.4) is 0 Å². The third kappa shape index (κ3) is 19.4. The van der Waals surface area contributed by atoms with Crippen molar-refractivity contribution in [2.24, 2.45) is 22.6 Å². The van der Waals surface area contributed by atoms with E-state index < -0.39 is 110 Å². The predicted octanol–water partition coefficient (Wildman–Crippen LogP) is 0.132. The molecule has 1 heterocycles. The van der Waals surface area contributed by atoms with Crippen LogP contribution in [-0.2, 0) is 39.8 Å². The number of primary amides is 1. The molecule has 25 heteroatoms. The fourth-order valence-electron chi connectivity index (χ4n) is 7.18. The molecule has 23 nitrogen and oxygen atoms in total. The van der Waals surface area contributed by atoms with E-state index in [0.29, 0.717) is 5.57 Å². The van der Waals surface area contributed by atoms with Crippen LogP contribution in [0.25, 0.3) is 0 Å². The summed E-state index contributed by atoms with van der Waals surface area (Å²) in [4.78, 5) is 67.2. The molecule has 0 fully saturated rings. The van der Waals surface area contributed by atoms with E-state index in [2.05, 4.69) is 26.3 Å². The number of carboxylic acids is 1. The van der Waals surface area contributed by atoms with Gasteiger partial charge in [0.05, 0.1) is 36.6 Å². The zero-order valence-corrected chi connectivity index (χ0v) is 41.8. The standard InChI is InChI=1S/C45H70N6O17S2/c1-22-15-26-36(48-13-14-69-70-21-29(44(63)64)51-43(62)27(47-5)11-12-35(56)49-19-31(54)39(59)40(60)32(55)20-52)30(53)18-28(38(26)58)50-42(61)23(2)9-8-10-33(66-6)41(68-45(46)65)25(4)17-24(3)37(57)34(16-22)67-7/h8-10,13,17-18,22,24,27,29,31-34,37,39-41,47,52-55,57-60H,11-12,14-16,19-21H2,1-7H3,(H2,46,65)(H,49,56)(H,50,61)(H,51,62)(H,63,64)/t22-,24+,27+,29+,31+,32-,33+,34+,37-,39-,40-,41+/m1/s1. The minimum absolute atomic E-state index is 0.00509. The molecule has 0 aliphatic carbocycles. The Kier molecular flexibility index (Phi) is 27.0. The lowest BCUT2D eigenvalue weighted by Crippen LogP contribution is -2.51. The first-order valence-corrected chi connectivity index (χ1v) is 24.7. The third-order valence-corrected chi connectivity index (χ3v) is 13.5. The van der Waals surface area contributed by atoms with Crippen molar-refractivity contribution in [3.05, 3.63) is 47.1 Å². The second kappa shape index (κ2) is 30.8. The van der Waals surface area contributed by atoms with Gasteiger partial charge in [0.25, 0.3) is 5.91 Å². The average Bonchev–Trinajstić information content (AvgIpc) is 3.31. The molecule has 2 bridgehead atoms. The molecular weight excluding hydrogens is 961 g/mol. The van der Waals surface area contributed by atoms with Crippen molar-refractivity contribution in [3.8, 4) is 11.5 Å². The topological polar surface area (TPSA) is 382 Å². The molecule has 0 aromatic heterocycles. The lowest BCUT2D eigenvalue weighted by atomic mass is 9.87. The molecule has 0 unspecified atom stereocenters. The third-order valence-electron chi connectivity index (χ3n) is 11.3. The number of aromatic hydroxyl groups is 2. The molecule has 1 aromatic carbocycles. The van der Waals surface area contributed by atoms with Gasteiger partial charge in [-0.2, -0.15) is 0 Å². The van der Waals surface area contributed by atoms with Crippen molar-refractivity contribution in [1.82, 2.24) is 16.0 Å². The number of hydrogen-bond donors (Lipinski definition) is 14. The number of nitrogens with zero attached hydrogens (tertiary/aromatic N) is 1. The number of anilines is 1. The maximum absolute atomic E-state index is 13.3. The van der Waals surface area contributed by atoms with E-state index in [4.69, 9.17) is 25.1 Å². The number of aliphatic imine (C=N–C) groups is 1. The number of ether oxygens (including phenoxy) is 3. The Morgan fingerprint density at radius 2 is 1.70 bits per heavy atom. The van der Waals surface area contributed by atoms with Gasteiger partial charge in [0.15, 0.2) is 6.10 Å². The first kappa shape index (κ1) is 61.3. The van der Waals surface area contributed by atoms with Gasteiger partial charge in [-0.05, 0) is 51.6 Å². The molecule has 0 radical (unpaired) electrons. The predicted molar refractivity (Wildman–Crippen MR) is 263 cm³/mol. The number of carbonyl (C=O) groups is 5. The number of phenols is 2. The summed E-state index contributed by atoms with van der Waals surface area (Å²) in [5, 5.41) is 102. The molecule has 1 aromatic rings. The number of amides is 4. The number of phenolic OH excluding ortho intramolecular Hbond substituents is 2. The van der Waals surface area contributed by atoms with Gasteiger partial charge < -0.3 is 87.2 Å². The van der Waals surface area contributed by atoms with Gasteiger partial charge in [-0.15, -0.1) is 0 Å². The van der Waals surface area contributed by atoms with Crippen molar-refractivity contribution < 1.29 is 84.1 Å². The number of likely N-dealkylation sites (N-methyl/N-ethyl adjacent to an activating group) is 1. The number of carbonyl (C=O) groups excluding carboxylic acids is 4. The minimum atomic E-state index is -1.88. The molecule has 0 spiro atoms. The number of fused-ring (bicyclic) bond motifs is 2. The van der Waals surface area contributed by atoms with E-state index >= 15 is 0 Å². The van der Waals surface area contributed by atoms with E-state index in [9.17, 15) is 64.8 Å². The fraction of sp³-hybridized carbons (Fsp3) is 0.600. The number of nitrogens with two attached hydrogens (primary N) is 1. The Morgan fingerprint density at radius 3 is 2.30 bits per heavy atom. The van der Waals surface area contributed by atoms with Crippen LogP contribution in [0.4, 0.5) is 16.2 Å². The minimum Gasteiger partial charge on any atom is -0.506 e. The number of methoxy groups -OCH3 is 2. The quantitative estimate of drug-likeness (QED) is 0.0183. The van der Waals surface area contributed by atoms with Crippen LogP contribution < -0.4 is 27.0 Å². The first-order valence-electron chi connectivity index (χ1n) is 22.2. The van der Waals surface area contributed by atoms with E-state index in [0.717, 1.165) is 16.9 Å². The summed E-state index contributed by atoms with van der Waals surface area (Å²) in [5.41, 5.74) is 6.17. The molecular formula is C45H70N6O17S2. The molecule has 1 aliphatic rings. The largest absolute Gasteiger partial charge is 0.506 e. The highest BCUT2D eigenvalue weighted by Gasteiger charge is 2.32. The van der Waals surface area contributed by atoms with E-state index in [1.54, 1.807) is 26.0 Å². The molecule has 4 amide bonds. The molecule has 70 heavy (non-hydrogen) atoms. The number of aliphatic hydroxyl groups excluding tert-OH is 6. The number of aliphatic carboxylic acids is 1. The van der Waals surface area contributed by atoms with Crippen LogP contribution in [0.2, 0.25) is 0 Å². The zero-order chi connectivity index (χ0) is 52.8. The maximum atomic E-state index is 13.3. The normalized spacial score (nSPS) is 23.2. The van der Waals surface area contributed by atoms with Gasteiger partial charge in [0.2, 0.25) is 11.8 Å². The van der Waals surface area contributed by atoms with Gasteiger partial charge in [-0.3, -0.25) is 19.4 Å². The monoisotopic (exact) mass is 1030 g/mol. The molecule has 0 saturated heterocycles. The Morgan fingerprint density at radius 1 is 1.03 bits per heavy atom. The van der Waals surface area contributed by atoms with Crippen LogP contribution in [0.5, 0.6) is 11.5 Å². The summed E-state index contributed by atoms with van der Waals surface area (Å²) in [7, 11) is 6.54. The van der Waals surface area contributed by atoms with E-state index in [-0.39, 0.29) is 77.1 Å². The van der Waals surface area contributed by atoms with Crippen molar-refractivity contribution >= 4 is 69.0 Å². The summed E-state index contributed by atoms with van der Waals surface area (Å²) >= 11 is 0. The van der Waals surface area contributed by atoms with Crippen LogP contribution in [0, 0.1) is 11.8 Å². The highest BCUT2D eigenvalue weighted by molar-refractivity contribution is 8.76. The zero-order valence-electron chi connectivity index (χ0n) is 40.2. The summed E-state index contributed by atoms with van der Waals surface area (Å²) in [6.45, 7) is 5.42. The van der Waals surface area contributed by atoms with Gasteiger partial charge in [0.1, 0.15) is 47.6 Å². The Balaban J connectivity index is 2.24. The summed E-state index contributed by atoms with van der Waals surface area (Å²) in [6, 6.07) is -1.21. The number of nitrogens with one attached hydrogen (secondary N) is 4. The second-order valence-electron chi connectivity index (χ2n) is 16.7. The number of allylic oxidation sites excluding steroid dienone is 2. The average molecular weight is 1030 g/mol. The van der Waals surface area contributed by atoms with Crippen LogP contribution >= 0.6 is 21.6 Å². The van der Waals surface area contributed by atoms with E-state index in [1.165, 1.54) is 57.4 Å². The van der Waals surface area contributed by atoms with Crippen molar-refractivity contribution in [1.29, 1.82) is 0 Å². The first-order chi connectivity index (χ1) is 33.0. The SMILES string of the molecule is CN[C@@H](CCC(=O)NC[C@H](O)[C@@H](O)[C@H](O)[C@H](O)CO)C(=O)N[C@@H](CSSCC=Nc1c(O)cc2c(O)c1C[C@@H](C)C[C@H](OC)[C@H](O)[C@@H](C)C=C(C)[C@H](OC(N)=O)[C@@H](OC)C=CC=C(C)C(=O)N2)C(=O)O. The highest BCUT2D eigenvalue weighted by atomic mass is 33.1. The Labute approximate surface area is 414 Å². The van der Waals surface area contributed by atoms with Crippen LogP contribution in [0.15, 0.2) is 46.5 Å². The molecule has 15 N–H and O–H groups in total. The summed E-state index contributed by atoms with van der Waals surface area (Å²) < 4.78 is 16.7. The smallest absolute Gasteiger partial charge is 0.405 e. The lowest BCUT2D eigenvalue weighted by molar-refractivity contribution is -0.141. The molecule has 394 valence electrons. The number of benzene rings is 1. The van der Waals surface area contributed by atoms with Crippen molar-refractivity contribution in [2.75, 3.05) is 51.2 Å². The maximum Gasteiger partial charge on any atom is 0.405 e. The van der Waals surface area contributed by atoms with E-state index in [1.807, 2.05) is 6.92 Å². The Bertz CT molecular complexity index is 2030. The van der Waals surface area contributed by atoms with Gasteiger partial charge in [-0.25, -0.2) is 9.59 Å². The number of rotatable bonds is 22. The molecule has 12 atom stereocenters. The van der Waals surface area contributed by atoms with Gasteiger partial charge in [-0.1, -0.05) is 59.7 Å². The Hall–Kier alpha value is -4.80. The molecule has 2 rings (SSSR count). The van der Waals surface area contributed by atoms with Crippen molar-refractivity contribution in [3.63, 3.8) is 0 Å². The fourth-order valence-corrected chi connectivity index (χ4v) is 9.04. The number of aliphatic hydroxyl groups is 6. The van der Waals surface area contributed by atoms with Crippen molar-refractivity contribution in [2.45, 2.75) is 114 Å². The molecule has 1 aliphatic heterocycles.